The fourth-order valence-corrected chi connectivity index (χ4v) is 3.22. The number of hydrogen-bond donors (Lipinski definition) is 1. The van der Waals surface area contributed by atoms with E-state index in [9.17, 15) is 0 Å². The van der Waals surface area contributed by atoms with Gasteiger partial charge in [-0.2, -0.15) is 5.10 Å². The summed E-state index contributed by atoms with van der Waals surface area (Å²) in [4.78, 5) is 4.75. The minimum Gasteiger partial charge on any atom is -0.310 e. The first-order chi connectivity index (χ1) is 9.93. The van der Waals surface area contributed by atoms with E-state index in [1.165, 1.54) is 29.8 Å². The number of rotatable bonds is 5. The fraction of sp³-hybridized carbons (Fsp3) is 0.625. The third kappa shape index (κ3) is 3.52. The van der Waals surface area contributed by atoms with Crippen molar-refractivity contribution < 1.29 is 0 Å². The lowest BCUT2D eigenvalue weighted by Crippen LogP contribution is -2.16. The van der Waals surface area contributed by atoms with E-state index in [2.05, 4.69) is 48.2 Å². The van der Waals surface area contributed by atoms with E-state index in [1.807, 2.05) is 6.20 Å². The van der Waals surface area contributed by atoms with E-state index in [-0.39, 0.29) is 5.41 Å². The van der Waals surface area contributed by atoms with Gasteiger partial charge in [-0.3, -0.25) is 4.68 Å². The van der Waals surface area contributed by atoms with Gasteiger partial charge >= 0.3 is 0 Å². The quantitative estimate of drug-likeness (QED) is 0.922. The molecule has 4 nitrogen and oxygen atoms in total. The van der Waals surface area contributed by atoms with E-state index in [0.29, 0.717) is 0 Å². The summed E-state index contributed by atoms with van der Waals surface area (Å²) in [5.41, 5.74) is 3.83. The predicted molar refractivity (Wildman–Crippen MR) is 86.7 cm³/mol. The van der Waals surface area contributed by atoms with Crippen LogP contribution in [0, 0.1) is 6.92 Å². The van der Waals surface area contributed by atoms with Crippen LogP contribution in [0.2, 0.25) is 0 Å². The summed E-state index contributed by atoms with van der Waals surface area (Å²) in [5, 5.41) is 11.4. The Morgan fingerprint density at radius 3 is 2.76 bits per heavy atom. The van der Waals surface area contributed by atoms with Gasteiger partial charge in [-0.1, -0.05) is 20.8 Å². The second-order valence-corrected chi connectivity index (χ2v) is 7.89. The standard InChI is InChI=1S/C16H24N4S/c1-11-12(7-17-13-5-6-13)8-18-20(11)9-15-19-14(10-21-15)16(2,3)4/h8,10,13,17H,5-7,9H2,1-4H3. The maximum Gasteiger partial charge on any atom is 0.114 e. The summed E-state index contributed by atoms with van der Waals surface area (Å²) in [7, 11) is 0. The van der Waals surface area contributed by atoms with Crippen molar-refractivity contribution in [2.75, 3.05) is 0 Å². The van der Waals surface area contributed by atoms with Crippen LogP contribution in [0.1, 0.15) is 55.6 Å². The zero-order chi connectivity index (χ0) is 15.0. The Balaban J connectivity index is 1.68. The third-order valence-electron chi connectivity index (χ3n) is 3.97. The first-order valence-electron chi connectivity index (χ1n) is 7.63. The molecule has 1 N–H and O–H groups in total. The lowest BCUT2D eigenvalue weighted by Gasteiger charge is -2.14. The highest BCUT2D eigenvalue weighted by molar-refractivity contribution is 7.09. The number of aromatic nitrogens is 3. The molecule has 2 aromatic heterocycles. The number of nitrogens with one attached hydrogen (secondary N) is 1. The smallest absolute Gasteiger partial charge is 0.114 e. The summed E-state index contributed by atoms with van der Waals surface area (Å²) in [6, 6.07) is 0.737. The van der Waals surface area contributed by atoms with E-state index in [1.54, 1.807) is 11.3 Å². The molecule has 2 heterocycles. The Labute approximate surface area is 130 Å². The zero-order valence-corrected chi connectivity index (χ0v) is 14.1. The van der Waals surface area contributed by atoms with Crippen LogP contribution in [0.4, 0.5) is 0 Å². The zero-order valence-electron chi connectivity index (χ0n) is 13.3. The fourth-order valence-electron chi connectivity index (χ4n) is 2.22. The monoisotopic (exact) mass is 304 g/mol. The van der Waals surface area contributed by atoms with E-state index in [0.717, 1.165) is 24.1 Å². The Morgan fingerprint density at radius 2 is 2.14 bits per heavy atom. The van der Waals surface area contributed by atoms with Crippen molar-refractivity contribution in [3.63, 3.8) is 0 Å². The van der Waals surface area contributed by atoms with Crippen molar-refractivity contribution in [3.05, 3.63) is 33.5 Å². The lowest BCUT2D eigenvalue weighted by atomic mass is 9.93. The van der Waals surface area contributed by atoms with E-state index in [4.69, 9.17) is 4.98 Å². The van der Waals surface area contributed by atoms with Crippen LogP contribution in [0.25, 0.3) is 0 Å². The Kier molecular flexibility index (Phi) is 3.88. The molecule has 1 saturated carbocycles. The van der Waals surface area contributed by atoms with Crippen molar-refractivity contribution >= 4 is 11.3 Å². The normalized spacial score (nSPS) is 15.6. The maximum atomic E-state index is 4.75. The van der Waals surface area contributed by atoms with Crippen LogP contribution in [-0.2, 0) is 18.5 Å². The average Bonchev–Trinajstić information content (AvgIpc) is 3.00. The average molecular weight is 304 g/mol. The summed E-state index contributed by atoms with van der Waals surface area (Å²) in [6.45, 7) is 10.5. The van der Waals surface area contributed by atoms with Gasteiger partial charge in [0.1, 0.15) is 5.01 Å². The number of hydrogen-bond acceptors (Lipinski definition) is 4. The molecule has 0 bridgehead atoms. The highest BCUT2D eigenvalue weighted by atomic mass is 32.1. The summed E-state index contributed by atoms with van der Waals surface area (Å²) < 4.78 is 2.06. The van der Waals surface area contributed by atoms with Crippen LogP contribution in [0.3, 0.4) is 0 Å². The third-order valence-corrected chi connectivity index (χ3v) is 4.80. The molecule has 0 spiro atoms. The molecular formula is C16H24N4S. The Morgan fingerprint density at radius 1 is 1.38 bits per heavy atom. The van der Waals surface area contributed by atoms with Gasteiger partial charge in [0.2, 0.25) is 0 Å². The van der Waals surface area contributed by atoms with Gasteiger partial charge in [-0.05, 0) is 19.8 Å². The van der Waals surface area contributed by atoms with Gasteiger partial charge in [0.05, 0.1) is 18.4 Å². The van der Waals surface area contributed by atoms with E-state index >= 15 is 0 Å². The molecule has 5 heteroatoms. The summed E-state index contributed by atoms with van der Waals surface area (Å²) in [5.74, 6) is 0. The predicted octanol–water partition coefficient (Wildman–Crippen LogP) is 3.25. The van der Waals surface area contributed by atoms with Crippen molar-refractivity contribution in [1.82, 2.24) is 20.1 Å². The molecule has 0 aromatic carbocycles. The Hall–Kier alpha value is -1.20. The van der Waals surface area contributed by atoms with Crippen LogP contribution >= 0.6 is 11.3 Å². The molecule has 21 heavy (non-hydrogen) atoms. The topological polar surface area (TPSA) is 42.7 Å². The van der Waals surface area contributed by atoms with Gasteiger partial charge in [0, 0.05) is 34.6 Å². The van der Waals surface area contributed by atoms with Crippen LogP contribution in [0.15, 0.2) is 11.6 Å². The highest BCUT2D eigenvalue weighted by Crippen LogP contribution is 2.24. The lowest BCUT2D eigenvalue weighted by molar-refractivity contribution is 0.567. The second kappa shape index (κ2) is 5.54. The van der Waals surface area contributed by atoms with Gasteiger partial charge in [0.15, 0.2) is 0 Å². The molecule has 1 aliphatic carbocycles. The van der Waals surface area contributed by atoms with Gasteiger partial charge in [-0.15, -0.1) is 11.3 Å². The molecule has 3 rings (SSSR count). The molecule has 0 aliphatic heterocycles. The Bertz CT molecular complexity index is 617. The summed E-state index contributed by atoms with van der Waals surface area (Å²) in [6.07, 6.45) is 4.63. The van der Waals surface area contributed by atoms with Gasteiger partial charge in [0.25, 0.3) is 0 Å². The molecule has 114 valence electrons. The molecule has 2 aromatic rings. The second-order valence-electron chi connectivity index (χ2n) is 6.94. The molecule has 0 atom stereocenters. The van der Waals surface area contributed by atoms with Crippen molar-refractivity contribution in [1.29, 1.82) is 0 Å². The highest BCUT2D eigenvalue weighted by Gasteiger charge is 2.21. The van der Waals surface area contributed by atoms with Crippen LogP contribution in [-0.4, -0.2) is 20.8 Å². The van der Waals surface area contributed by atoms with Crippen molar-refractivity contribution in [2.45, 2.75) is 65.1 Å². The van der Waals surface area contributed by atoms with Crippen molar-refractivity contribution in [2.24, 2.45) is 0 Å². The van der Waals surface area contributed by atoms with Gasteiger partial charge < -0.3 is 5.32 Å². The first-order valence-corrected chi connectivity index (χ1v) is 8.51. The van der Waals surface area contributed by atoms with Crippen LogP contribution < -0.4 is 5.32 Å². The number of nitrogens with zero attached hydrogens (tertiary/aromatic N) is 3. The number of thiazole rings is 1. The maximum absolute atomic E-state index is 4.75. The van der Waals surface area contributed by atoms with Gasteiger partial charge in [-0.25, -0.2) is 4.98 Å². The first kappa shape index (κ1) is 14.7. The molecule has 1 fully saturated rings. The van der Waals surface area contributed by atoms with Crippen LogP contribution in [0.5, 0.6) is 0 Å². The minimum atomic E-state index is 0.118. The SMILES string of the molecule is Cc1c(CNC2CC2)cnn1Cc1nc(C(C)(C)C)cs1. The largest absolute Gasteiger partial charge is 0.310 e. The molecular weight excluding hydrogens is 280 g/mol. The van der Waals surface area contributed by atoms with Crippen molar-refractivity contribution in [3.8, 4) is 0 Å². The molecule has 0 amide bonds. The minimum absolute atomic E-state index is 0.118. The molecule has 0 unspecified atom stereocenters. The molecule has 0 radical (unpaired) electrons. The van der Waals surface area contributed by atoms with E-state index < -0.39 is 0 Å². The molecule has 1 aliphatic rings. The molecule has 0 saturated heterocycles. The summed E-state index contributed by atoms with van der Waals surface area (Å²) >= 11 is 1.73.